The smallest absolute Gasteiger partial charge is 0.304 e. The van der Waals surface area contributed by atoms with Crippen LogP contribution >= 0.6 is 12.4 Å². The maximum atomic E-state index is 10.8. The minimum Gasteiger partial charge on any atom is -0.481 e. The summed E-state index contributed by atoms with van der Waals surface area (Å²) < 4.78 is 5.70. The number of carboxylic acids is 1. The van der Waals surface area contributed by atoms with Crippen LogP contribution in [0.3, 0.4) is 0 Å². The second-order valence-electron chi connectivity index (χ2n) is 5.06. The average Bonchev–Trinajstić information content (AvgIpc) is 2.53. The molecule has 1 atom stereocenters. The molecule has 23 heavy (non-hydrogen) atoms. The zero-order valence-corrected chi connectivity index (χ0v) is 13.7. The molecule has 0 amide bonds. The van der Waals surface area contributed by atoms with Gasteiger partial charge in [0.1, 0.15) is 11.5 Å². The molecule has 0 radical (unpaired) electrons. The van der Waals surface area contributed by atoms with Gasteiger partial charge in [-0.3, -0.25) is 4.79 Å². The van der Waals surface area contributed by atoms with Crippen molar-refractivity contribution in [3.63, 3.8) is 0 Å². The number of hydrogen-bond acceptors (Lipinski definition) is 3. The minimum atomic E-state index is -0.874. The van der Waals surface area contributed by atoms with E-state index in [-0.39, 0.29) is 24.7 Å². The maximum absolute atomic E-state index is 10.8. The Bertz CT molecular complexity index is 641. The Morgan fingerprint density at radius 2 is 1.65 bits per heavy atom. The predicted octanol–water partition coefficient (Wildman–Crippen LogP) is 4.77. The lowest BCUT2D eigenvalue weighted by Crippen LogP contribution is -2.17. The van der Waals surface area contributed by atoms with Crippen LogP contribution in [0, 0.1) is 11.3 Å². The summed E-state index contributed by atoms with van der Waals surface area (Å²) in [5.74, 6) is 0.302. The number of para-hydroxylation sites is 1. The summed E-state index contributed by atoms with van der Waals surface area (Å²) in [5.41, 5.74) is 1.09. The van der Waals surface area contributed by atoms with Crippen LogP contribution in [0.1, 0.15) is 25.3 Å². The van der Waals surface area contributed by atoms with Crippen molar-refractivity contribution in [2.45, 2.75) is 19.8 Å². The molecular weight excluding hydrogens is 314 g/mol. The number of benzene rings is 2. The molecule has 2 aromatic carbocycles. The van der Waals surface area contributed by atoms with Gasteiger partial charge < -0.3 is 15.3 Å². The van der Waals surface area contributed by atoms with Gasteiger partial charge in [0.25, 0.3) is 0 Å². The van der Waals surface area contributed by atoms with Crippen LogP contribution in [-0.4, -0.2) is 16.8 Å². The van der Waals surface area contributed by atoms with Gasteiger partial charge in [0, 0.05) is 11.6 Å². The zero-order valence-electron chi connectivity index (χ0n) is 12.9. The molecule has 4 nitrogen and oxygen atoms in total. The van der Waals surface area contributed by atoms with Crippen LogP contribution in [-0.2, 0) is 4.79 Å². The van der Waals surface area contributed by atoms with Crippen molar-refractivity contribution in [3.05, 3.63) is 60.2 Å². The predicted molar refractivity (Wildman–Crippen MR) is 93.1 cm³/mol. The van der Waals surface area contributed by atoms with E-state index >= 15 is 0 Å². The van der Waals surface area contributed by atoms with E-state index in [9.17, 15) is 4.79 Å². The van der Waals surface area contributed by atoms with Crippen molar-refractivity contribution in [2.75, 3.05) is 0 Å². The Morgan fingerprint density at radius 1 is 1.09 bits per heavy atom. The number of rotatable bonds is 7. The third kappa shape index (κ3) is 5.42. The minimum absolute atomic E-state index is 0. The van der Waals surface area contributed by atoms with Crippen molar-refractivity contribution >= 4 is 24.1 Å². The number of carbonyl (C=O) groups is 1. The summed E-state index contributed by atoms with van der Waals surface area (Å²) in [5, 5.41) is 17.1. The fourth-order valence-electron chi connectivity index (χ4n) is 2.22. The third-order valence-corrected chi connectivity index (χ3v) is 3.47. The molecule has 0 aliphatic rings. The molecule has 2 rings (SSSR count). The van der Waals surface area contributed by atoms with Crippen LogP contribution in [0.15, 0.2) is 54.6 Å². The SMILES string of the molecule is CC[C@@H](CC(=O)O)C(=N)c1ccc(Oc2ccccc2)cc1.Cl. The molecule has 122 valence electrons. The Labute approximate surface area is 142 Å². The highest BCUT2D eigenvalue weighted by Crippen LogP contribution is 2.23. The fourth-order valence-corrected chi connectivity index (χ4v) is 2.22. The molecule has 0 aliphatic heterocycles. The Hall–Kier alpha value is -2.33. The lowest BCUT2D eigenvalue weighted by Gasteiger charge is -2.14. The second-order valence-corrected chi connectivity index (χ2v) is 5.06. The van der Waals surface area contributed by atoms with E-state index < -0.39 is 5.97 Å². The van der Waals surface area contributed by atoms with Gasteiger partial charge in [-0.15, -0.1) is 12.4 Å². The molecule has 2 N–H and O–H groups in total. The first-order chi connectivity index (χ1) is 10.6. The number of carboxylic acid groups (broad SMARTS) is 1. The molecule has 0 fully saturated rings. The first-order valence-corrected chi connectivity index (χ1v) is 7.23. The van der Waals surface area contributed by atoms with Gasteiger partial charge in [-0.25, -0.2) is 0 Å². The molecule has 0 unspecified atom stereocenters. The van der Waals surface area contributed by atoms with Crippen LogP contribution in [0.5, 0.6) is 11.5 Å². The van der Waals surface area contributed by atoms with Crippen LogP contribution < -0.4 is 4.74 Å². The maximum Gasteiger partial charge on any atom is 0.304 e. The topological polar surface area (TPSA) is 70.4 Å². The van der Waals surface area contributed by atoms with E-state index in [0.717, 1.165) is 11.3 Å². The molecule has 5 heteroatoms. The molecule has 0 saturated carbocycles. The van der Waals surface area contributed by atoms with Gasteiger partial charge in [-0.1, -0.05) is 25.1 Å². The van der Waals surface area contributed by atoms with Crippen molar-refractivity contribution in [1.82, 2.24) is 0 Å². The highest BCUT2D eigenvalue weighted by atomic mass is 35.5. The normalized spacial score (nSPS) is 11.2. The molecule has 0 bridgehead atoms. The van der Waals surface area contributed by atoms with Gasteiger partial charge in [0.05, 0.1) is 6.42 Å². The summed E-state index contributed by atoms with van der Waals surface area (Å²) >= 11 is 0. The number of halogens is 1. The summed E-state index contributed by atoms with van der Waals surface area (Å²) in [6, 6.07) is 16.6. The van der Waals surface area contributed by atoms with Crippen LogP contribution in [0.2, 0.25) is 0 Å². The van der Waals surface area contributed by atoms with E-state index in [1.54, 1.807) is 24.3 Å². The van der Waals surface area contributed by atoms with Crippen LogP contribution in [0.25, 0.3) is 0 Å². The van der Waals surface area contributed by atoms with E-state index in [0.29, 0.717) is 17.9 Å². The number of aliphatic carboxylic acids is 1. The fraction of sp³-hybridized carbons (Fsp3) is 0.222. The number of hydrogen-bond donors (Lipinski definition) is 2. The summed E-state index contributed by atoms with van der Waals surface area (Å²) in [7, 11) is 0. The quantitative estimate of drug-likeness (QED) is 0.717. The van der Waals surface area contributed by atoms with Gasteiger partial charge in [-0.05, 0) is 48.4 Å². The monoisotopic (exact) mass is 333 g/mol. The van der Waals surface area contributed by atoms with Crippen molar-refractivity contribution in [2.24, 2.45) is 5.92 Å². The van der Waals surface area contributed by atoms with Crippen LogP contribution in [0.4, 0.5) is 0 Å². The van der Waals surface area contributed by atoms with E-state index in [4.69, 9.17) is 15.3 Å². The standard InChI is InChI=1S/C18H19NO3.ClH/c1-2-13(12-17(20)21)18(19)14-8-10-16(11-9-14)22-15-6-4-3-5-7-15;/h3-11,13,19H,2,12H2,1H3,(H,20,21);1H/t13-;/m0./s1. The molecule has 0 saturated heterocycles. The molecular formula is C18H20ClNO3. The Morgan fingerprint density at radius 3 is 2.17 bits per heavy atom. The molecule has 0 aromatic heterocycles. The lowest BCUT2D eigenvalue weighted by atomic mass is 9.91. The highest BCUT2D eigenvalue weighted by molar-refractivity contribution is 6.01. The van der Waals surface area contributed by atoms with Crippen molar-refractivity contribution in [1.29, 1.82) is 5.41 Å². The molecule has 0 spiro atoms. The van der Waals surface area contributed by atoms with Gasteiger partial charge in [0.15, 0.2) is 0 Å². The number of ether oxygens (including phenoxy) is 1. The zero-order chi connectivity index (χ0) is 15.9. The summed E-state index contributed by atoms with van der Waals surface area (Å²) in [4.78, 5) is 10.8. The Balaban J connectivity index is 0.00000264. The van der Waals surface area contributed by atoms with E-state index in [1.807, 2.05) is 37.3 Å². The van der Waals surface area contributed by atoms with Gasteiger partial charge >= 0.3 is 5.97 Å². The van der Waals surface area contributed by atoms with E-state index in [1.165, 1.54) is 0 Å². The summed E-state index contributed by atoms with van der Waals surface area (Å²) in [6.45, 7) is 1.90. The Kier molecular flexibility index (Phi) is 7.29. The second kappa shape index (κ2) is 8.96. The summed E-state index contributed by atoms with van der Waals surface area (Å²) in [6.07, 6.45) is 0.616. The van der Waals surface area contributed by atoms with Gasteiger partial charge in [0.2, 0.25) is 0 Å². The first-order valence-electron chi connectivity index (χ1n) is 7.23. The van der Waals surface area contributed by atoms with Crippen molar-refractivity contribution in [3.8, 4) is 11.5 Å². The molecule has 0 aliphatic carbocycles. The van der Waals surface area contributed by atoms with Gasteiger partial charge in [-0.2, -0.15) is 0 Å². The van der Waals surface area contributed by atoms with E-state index in [2.05, 4.69) is 0 Å². The number of nitrogens with one attached hydrogen (secondary N) is 1. The third-order valence-electron chi connectivity index (χ3n) is 3.47. The highest BCUT2D eigenvalue weighted by Gasteiger charge is 2.17. The molecule has 2 aromatic rings. The lowest BCUT2D eigenvalue weighted by molar-refractivity contribution is -0.137. The first kappa shape index (κ1) is 18.7. The average molecular weight is 334 g/mol. The molecule has 0 heterocycles. The van der Waals surface area contributed by atoms with Crippen molar-refractivity contribution < 1.29 is 14.6 Å². The largest absolute Gasteiger partial charge is 0.481 e.